The second-order valence-electron chi connectivity index (χ2n) is 10.00. The SMILES string of the molecule is CCC[CH2][Sn]([CH2]CCC)([CH2]CCC)[c]1cc(C)n2ncc(C(=O)N[C@@H](C3CC3)C(F)(F)F)c2n1. The fourth-order valence-electron chi connectivity index (χ4n) is 4.97. The van der Waals surface area contributed by atoms with Crippen LogP contribution >= 0.6 is 0 Å². The summed E-state index contributed by atoms with van der Waals surface area (Å²) >= 11 is -2.89. The van der Waals surface area contributed by atoms with Gasteiger partial charge in [-0.15, -0.1) is 0 Å². The van der Waals surface area contributed by atoms with E-state index in [1.807, 2.05) is 6.92 Å². The van der Waals surface area contributed by atoms with E-state index in [-0.39, 0.29) is 5.56 Å². The maximum absolute atomic E-state index is 13.5. The fourth-order valence-corrected chi connectivity index (χ4v) is 20.6. The van der Waals surface area contributed by atoms with Gasteiger partial charge in [-0.25, -0.2) is 0 Å². The molecule has 5 nitrogen and oxygen atoms in total. The van der Waals surface area contributed by atoms with Crippen LogP contribution in [-0.4, -0.2) is 51.1 Å². The van der Waals surface area contributed by atoms with E-state index in [1.165, 1.54) is 38.8 Å². The van der Waals surface area contributed by atoms with Crippen LogP contribution in [-0.2, 0) is 0 Å². The van der Waals surface area contributed by atoms with Crippen molar-refractivity contribution in [2.24, 2.45) is 5.92 Å². The van der Waals surface area contributed by atoms with Gasteiger partial charge in [-0.2, -0.15) is 0 Å². The van der Waals surface area contributed by atoms with Gasteiger partial charge in [0, 0.05) is 0 Å². The van der Waals surface area contributed by atoms with Crippen LogP contribution in [0.1, 0.15) is 88.2 Å². The fraction of sp³-hybridized carbons (Fsp3) is 0.720. The molecule has 1 fully saturated rings. The first kappa shape index (κ1) is 27.3. The van der Waals surface area contributed by atoms with Gasteiger partial charge >= 0.3 is 206 Å². The summed E-state index contributed by atoms with van der Waals surface area (Å²) in [7, 11) is 0. The minimum atomic E-state index is -4.46. The number of nitrogens with zero attached hydrogens (tertiary/aromatic N) is 3. The first-order valence-corrected chi connectivity index (χ1v) is 20.4. The number of aromatic nitrogens is 3. The number of carbonyl (C=O) groups excluding carboxylic acids is 1. The number of halogens is 3. The van der Waals surface area contributed by atoms with Crippen molar-refractivity contribution in [2.45, 2.75) is 105 Å². The monoisotopic (exact) mass is 588 g/mol. The van der Waals surface area contributed by atoms with Crippen molar-refractivity contribution in [1.29, 1.82) is 0 Å². The first-order valence-electron chi connectivity index (χ1n) is 12.9. The van der Waals surface area contributed by atoms with E-state index >= 15 is 0 Å². The molecular weight excluding hydrogens is 548 g/mol. The topological polar surface area (TPSA) is 59.3 Å². The number of alkyl halides is 3. The van der Waals surface area contributed by atoms with E-state index in [0.717, 1.165) is 28.7 Å². The van der Waals surface area contributed by atoms with Gasteiger partial charge in [0.1, 0.15) is 0 Å². The zero-order valence-corrected chi connectivity index (χ0v) is 23.8. The predicted molar refractivity (Wildman–Crippen MR) is 132 cm³/mol. The van der Waals surface area contributed by atoms with Crippen LogP contribution in [0, 0.1) is 12.8 Å². The number of aryl methyl sites for hydroxylation is 1. The van der Waals surface area contributed by atoms with E-state index in [9.17, 15) is 18.0 Å². The zero-order chi connectivity index (χ0) is 24.9. The molecule has 1 amide bonds. The van der Waals surface area contributed by atoms with Crippen LogP contribution in [0.3, 0.4) is 0 Å². The van der Waals surface area contributed by atoms with Gasteiger partial charge in [0.25, 0.3) is 0 Å². The standard InChI is InChI=1S/C13H12F3N4O.3C4H9.Sn/c1-7-4-5-17-11-9(6-18-20(7)11)12(21)19-10(8-2-3-8)13(14,15)16;3*1-3-4-2;/h4,6,8,10H,2-3H2,1H3,(H,19,21);3*1,3-4H2,2H3;/t10-;;;;/m0..../s1. The van der Waals surface area contributed by atoms with Gasteiger partial charge in [0.05, 0.1) is 0 Å². The van der Waals surface area contributed by atoms with Crippen molar-refractivity contribution in [3.05, 3.63) is 23.5 Å². The van der Waals surface area contributed by atoms with Crippen LogP contribution in [0.5, 0.6) is 0 Å². The third-order valence-electron chi connectivity index (χ3n) is 7.20. The van der Waals surface area contributed by atoms with Crippen molar-refractivity contribution >= 4 is 33.6 Å². The quantitative estimate of drug-likeness (QED) is 0.286. The van der Waals surface area contributed by atoms with E-state index in [1.54, 1.807) is 4.52 Å². The Morgan fingerprint density at radius 3 is 2.15 bits per heavy atom. The molecule has 2 heterocycles. The van der Waals surface area contributed by atoms with Crippen molar-refractivity contribution in [3.8, 4) is 0 Å². The molecule has 190 valence electrons. The van der Waals surface area contributed by atoms with Crippen LogP contribution in [0.4, 0.5) is 13.2 Å². The molecule has 1 aliphatic carbocycles. The van der Waals surface area contributed by atoms with Crippen LogP contribution in [0.25, 0.3) is 5.65 Å². The number of unbranched alkanes of at least 4 members (excludes halogenated alkanes) is 3. The van der Waals surface area contributed by atoms with E-state index in [4.69, 9.17) is 4.98 Å². The molecule has 0 spiro atoms. The molecular formula is C25H39F3N4OSn. The first-order chi connectivity index (χ1) is 16.2. The van der Waals surface area contributed by atoms with Gasteiger partial charge < -0.3 is 0 Å². The number of fused-ring (bicyclic) bond motifs is 1. The predicted octanol–water partition coefficient (Wildman–Crippen LogP) is 6.16. The Labute approximate surface area is 205 Å². The Hall–Kier alpha value is -1.32. The summed E-state index contributed by atoms with van der Waals surface area (Å²) < 4.78 is 47.0. The molecule has 0 radical (unpaired) electrons. The molecule has 1 N–H and O–H groups in total. The number of carbonyl (C=O) groups is 1. The molecule has 0 aromatic carbocycles. The summed E-state index contributed by atoms with van der Waals surface area (Å²) in [5, 5.41) is 6.57. The van der Waals surface area contributed by atoms with Crippen molar-refractivity contribution in [3.63, 3.8) is 0 Å². The third-order valence-corrected chi connectivity index (χ3v) is 22.3. The number of hydrogen-bond acceptors (Lipinski definition) is 3. The van der Waals surface area contributed by atoms with Gasteiger partial charge in [0.2, 0.25) is 0 Å². The van der Waals surface area contributed by atoms with E-state index in [2.05, 4.69) is 37.3 Å². The van der Waals surface area contributed by atoms with Crippen molar-refractivity contribution in [2.75, 3.05) is 0 Å². The molecule has 0 unspecified atom stereocenters. The average molecular weight is 587 g/mol. The summed E-state index contributed by atoms with van der Waals surface area (Å²) in [5.74, 6) is -1.26. The summed E-state index contributed by atoms with van der Waals surface area (Å²) in [6.07, 6.45) is 4.84. The summed E-state index contributed by atoms with van der Waals surface area (Å²) in [6, 6.07) is 0.345. The Bertz CT molecular complexity index is 949. The molecule has 34 heavy (non-hydrogen) atoms. The molecule has 0 saturated heterocycles. The molecule has 1 aliphatic rings. The molecule has 1 saturated carbocycles. The molecule has 2 aromatic heterocycles. The van der Waals surface area contributed by atoms with Gasteiger partial charge in [-0.05, 0) is 0 Å². The normalized spacial score (nSPS) is 15.6. The second-order valence-corrected chi connectivity index (χ2v) is 23.0. The summed E-state index contributed by atoms with van der Waals surface area (Å²) in [4.78, 5) is 18.0. The molecule has 2 aromatic rings. The third kappa shape index (κ3) is 6.26. The molecule has 0 bridgehead atoms. The van der Waals surface area contributed by atoms with Gasteiger partial charge in [-0.3, -0.25) is 0 Å². The van der Waals surface area contributed by atoms with Gasteiger partial charge in [-0.1, -0.05) is 0 Å². The summed E-state index contributed by atoms with van der Waals surface area (Å²) in [5.41, 5.74) is 1.43. The van der Waals surface area contributed by atoms with Crippen LogP contribution in [0.15, 0.2) is 12.3 Å². The molecule has 9 heteroatoms. The molecule has 1 atom stereocenters. The second kappa shape index (κ2) is 11.6. The van der Waals surface area contributed by atoms with E-state index < -0.39 is 42.4 Å². The van der Waals surface area contributed by atoms with E-state index in [0.29, 0.717) is 18.5 Å². The zero-order valence-electron chi connectivity index (χ0n) is 21.0. The molecule has 3 rings (SSSR count). The summed E-state index contributed by atoms with van der Waals surface area (Å²) in [6.45, 7) is 8.60. The average Bonchev–Trinajstić information content (AvgIpc) is 3.53. The minimum absolute atomic E-state index is 0.140. The molecule has 0 aliphatic heterocycles. The maximum atomic E-state index is 13.5. The Morgan fingerprint density at radius 1 is 1.12 bits per heavy atom. The number of nitrogens with one attached hydrogen (secondary N) is 1. The van der Waals surface area contributed by atoms with Crippen LogP contribution in [0.2, 0.25) is 13.3 Å². The Balaban J connectivity index is 2.03. The number of amides is 1. The number of rotatable bonds is 13. The van der Waals surface area contributed by atoms with Crippen molar-refractivity contribution in [1.82, 2.24) is 19.9 Å². The van der Waals surface area contributed by atoms with Crippen molar-refractivity contribution < 1.29 is 18.0 Å². The van der Waals surface area contributed by atoms with Gasteiger partial charge in [0.15, 0.2) is 0 Å². The Kier molecular flexibility index (Phi) is 9.31. The number of hydrogen-bond donors (Lipinski definition) is 1. The Morgan fingerprint density at radius 2 is 1.68 bits per heavy atom. The van der Waals surface area contributed by atoms with Crippen LogP contribution < -0.4 is 9.03 Å².